The summed E-state index contributed by atoms with van der Waals surface area (Å²) in [4.78, 5) is 37.1. The van der Waals surface area contributed by atoms with Crippen LogP contribution in [0.15, 0.2) is 24.3 Å². The van der Waals surface area contributed by atoms with Crippen LogP contribution in [0.1, 0.15) is 6.92 Å². The number of rotatable bonds is 3. The molecule has 0 saturated heterocycles. The lowest BCUT2D eigenvalue weighted by Gasteiger charge is -2.34. The SMILES string of the molecule is CCOC(=O)C1C(=O)Nc2ccccc2N1C(=O)CCl. The molecule has 0 spiro atoms. The summed E-state index contributed by atoms with van der Waals surface area (Å²) in [5.41, 5.74) is 0.882. The van der Waals surface area contributed by atoms with E-state index in [2.05, 4.69) is 5.32 Å². The molecule has 2 amide bonds. The van der Waals surface area contributed by atoms with Crippen molar-refractivity contribution in [1.82, 2.24) is 0 Å². The molecule has 1 N–H and O–H groups in total. The molecule has 0 bridgehead atoms. The highest BCUT2D eigenvalue weighted by Crippen LogP contribution is 2.32. The van der Waals surface area contributed by atoms with E-state index in [9.17, 15) is 14.4 Å². The third kappa shape index (κ3) is 2.46. The van der Waals surface area contributed by atoms with Gasteiger partial charge < -0.3 is 10.1 Å². The first-order valence-electron chi connectivity index (χ1n) is 6.04. The van der Waals surface area contributed by atoms with Crippen molar-refractivity contribution in [3.63, 3.8) is 0 Å². The van der Waals surface area contributed by atoms with Crippen LogP contribution in [-0.4, -0.2) is 36.3 Å². The number of para-hydroxylation sites is 2. The average Bonchev–Trinajstić information content (AvgIpc) is 2.45. The Morgan fingerprint density at radius 2 is 2.10 bits per heavy atom. The molecular weight excluding hydrogens is 284 g/mol. The lowest BCUT2D eigenvalue weighted by atomic mass is 10.1. The number of amides is 2. The number of anilines is 2. The number of nitrogens with zero attached hydrogens (tertiary/aromatic N) is 1. The number of halogens is 1. The Balaban J connectivity index is 2.48. The molecule has 1 unspecified atom stereocenters. The first kappa shape index (κ1) is 14.3. The molecular formula is C13H13ClN2O4. The summed E-state index contributed by atoms with van der Waals surface area (Å²) in [6, 6.07) is 5.34. The van der Waals surface area contributed by atoms with E-state index in [1.807, 2.05) is 0 Å². The molecule has 20 heavy (non-hydrogen) atoms. The highest BCUT2D eigenvalue weighted by Gasteiger charge is 2.42. The van der Waals surface area contributed by atoms with Gasteiger partial charge in [0, 0.05) is 0 Å². The molecule has 1 atom stereocenters. The molecule has 2 rings (SSSR count). The van der Waals surface area contributed by atoms with Crippen LogP contribution in [0.3, 0.4) is 0 Å². The highest BCUT2D eigenvalue weighted by atomic mass is 35.5. The van der Waals surface area contributed by atoms with Crippen molar-refractivity contribution >= 4 is 40.8 Å². The van der Waals surface area contributed by atoms with Gasteiger partial charge in [0.05, 0.1) is 18.0 Å². The number of carbonyl (C=O) groups excluding carboxylic acids is 3. The summed E-state index contributed by atoms with van der Waals surface area (Å²) >= 11 is 5.57. The predicted molar refractivity (Wildman–Crippen MR) is 73.7 cm³/mol. The Hall–Kier alpha value is -2.08. The van der Waals surface area contributed by atoms with Crippen LogP contribution in [0.4, 0.5) is 11.4 Å². The van der Waals surface area contributed by atoms with Crippen LogP contribution >= 0.6 is 11.6 Å². The average molecular weight is 297 g/mol. The van der Waals surface area contributed by atoms with Gasteiger partial charge >= 0.3 is 5.97 Å². The van der Waals surface area contributed by atoms with Crippen LogP contribution in [-0.2, 0) is 19.1 Å². The van der Waals surface area contributed by atoms with E-state index < -0.39 is 23.8 Å². The standard InChI is InChI=1S/C13H13ClN2O4/c1-2-20-13(19)11-12(18)15-8-5-3-4-6-9(8)16(11)10(17)7-14/h3-6,11H,2,7H2,1H3,(H,15,18). The Bertz CT molecular complexity index is 561. The van der Waals surface area contributed by atoms with Crippen LogP contribution in [0.25, 0.3) is 0 Å². The van der Waals surface area contributed by atoms with Crippen molar-refractivity contribution in [1.29, 1.82) is 0 Å². The number of hydrogen-bond donors (Lipinski definition) is 1. The molecule has 1 aliphatic rings. The summed E-state index contributed by atoms with van der Waals surface area (Å²) < 4.78 is 4.85. The van der Waals surface area contributed by atoms with Crippen molar-refractivity contribution in [2.75, 3.05) is 22.7 Å². The van der Waals surface area contributed by atoms with E-state index in [1.54, 1.807) is 31.2 Å². The molecule has 1 heterocycles. The Kier molecular flexibility index (Phi) is 4.24. The quantitative estimate of drug-likeness (QED) is 0.515. The molecule has 1 aliphatic heterocycles. The number of benzene rings is 1. The van der Waals surface area contributed by atoms with E-state index in [1.165, 1.54) is 0 Å². The monoisotopic (exact) mass is 296 g/mol. The van der Waals surface area contributed by atoms with Gasteiger partial charge in [-0.3, -0.25) is 14.5 Å². The zero-order chi connectivity index (χ0) is 14.7. The maximum atomic E-state index is 12.1. The van der Waals surface area contributed by atoms with Crippen molar-refractivity contribution in [3.05, 3.63) is 24.3 Å². The first-order valence-corrected chi connectivity index (χ1v) is 6.58. The number of hydrogen-bond acceptors (Lipinski definition) is 4. The second-order valence-corrected chi connectivity index (χ2v) is 4.33. The number of ether oxygens (including phenoxy) is 1. The second kappa shape index (κ2) is 5.92. The summed E-state index contributed by atoms with van der Waals surface area (Å²) in [5, 5.41) is 2.58. The van der Waals surface area contributed by atoms with E-state index >= 15 is 0 Å². The Morgan fingerprint density at radius 1 is 1.40 bits per heavy atom. The summed E-state index contributed by atoms with van der Waals surface area (Å²) in [6.07, 6.45) is 0. The highest BCUT2D eigenvalue weighted by molar-refractivity contribution is 6.32. The number of carbonyl (C=O) groups is 3. The van der Waals surface area contributed by atoms with E-state index in [0.29, 0.717) is 11.4 Å². The third-order valence-corrected chi connectivity index (χ3v) is 3.05. The fourth-order valence-electron chi connectivity index (χ4n) is 2.02. The van der Waals surface area contributed by atoms with Crippen LogP contribution in [0.2, 0.25) is 0 Å². The summed E-state index contributed by atoms with van der Waals surface area (Å²) in [7, 11) is 0. The van der Waals surface area contributed by atoms with E-state index in [-0.39, 0.29) is 12.5 Å². The first-order chi connectivity index (χ1) is 9.60. The molecule has 6 nitrogen and oxygen atoms in total. The minimum Gasteiger partial charge on any atom is -0.464 e. The van der Waals surface area contributed by atoms with Crippen molar-refractivity contribution in [2.24, 2.45) is 0 Å². The number of fused-ring (bicyclic) bond motifs is 1. The second-order valence-electron chi connectivity index (χ2n) is 4.06. The fraction of sp³-hybridized carbons (Fsp3) is 0.308. The van der Waals surface area contributed by atoms with E-state index in [4.69, 9.17) is 16.3 Å². The molecule has 0 aromatic heterocycles. The smallest absolute Gasteiger partial charge is 0.339 e. The Morgan fingerprint density at radius 3 is 2.75 bits per heavy atom. The van der Waals surface area contributed by atoms with Gasteiger partial charge in [0.25, 0.3) is 5.91 Å². The van der Waals surface area contributed by atoms with Gasteiger partial charge in [-0.1, -0.05) is 12.1 Å². The summed E-state index contributed by atoms with van der Waals surface area (Å²) in [5.74, 6) is -2.26. The minimum absolute atomic E-state index is 0.118. The summed E-state index contributed by atoms with van der Waals surface area (Å²) in [6.45, 7) is 1.74. The largest absolute Gasteiger partial charge is 0.464 e. The number of esters is 1. The zero-order valence-corrected chi connectivity index (χ0v) is 11.5. The molecule has 106 valence electrons. The van der Waals surface area contributed by atoms with Gasteiger partial charge in [-0.25, -0.2) is 4.79 Å². The number of alkyl halides is 1. The molecule has 7 heteroatoms. The molecule has 1 aromatic rings. The van der Waals surface area contributed by atoms with Crippen LogP contribution < -0.4 is 10.2 Å². The molecule has 0 radical (unpaired) electrons. The van der Waals surface area contributed by atoms with Gasteiger partial charge in [-0.15, -0.1) is 11.6 Å². The lowest BCUT2D eigenvalue weighted by molar-refractivity contribution is -0.148. The van der Waals surface area contributed by atoms with Crippen molar-refractivity contribution < 1.29 is 19.1 Å². The Labute approximate surface area is 120 Å². The van der Waals surface area contributed by atoms with Crippen molar-refractivity contribution in [3.8, 4) is 0 Å². The fourth-order valence-corrected chi connectivity index (χ4v) is 2.15. The molecule has 1 aromatic carbocycles. The maximum Gasteiger partial charge on any atom is 0.339 e. The van der Waals surface area contributed by atoms with Gasteiger partial charge in [0.2, 0.25) is 11.9 Å². The van der Waals surface area contributed by atoms with Gasteiger partial charge in [0.15, 0.2) is 0 Å². The van der Waals surface area contributed by atoms with Crippen LogP contribution in [0, 0.1) is 0 Å². The lowest BCUT2D eigenvalue weighted by Crippen LogP contribution is -2.56. The maximum absolute atomic E-state index is 12.1. The molecule has 0 aliphatic carbocycles. The zero-order valence-electron chi connectivity index (χ0n) is 10.8. The number of nitrogens with one attached hydrogen (secondary N) is 1. The third-order valence-electron chi connectivity index (χ3n) is 2.82. The molecule has 0 fully saturated rings. The van der Waals surface area contributed by atoms with Gasteiger partial charge in [0.1, 0.15) is 5.88 Å². The predicted octanol–water partition coefficient (Wildman–Crippen LogP) is 1.14. The van der Waals surface area contributed by atoms with Gasteiger partial charge in [-0.05, 0) is 19.1 Å². The normalized spacial score (nSPS) is 17.2. The molecule has 0 saturated carbocycles. The van der Waals surface area contributed by atoms with Crippen LogP contribution in [0.5, 0.6) is 0 Å². The minimum atomic E-state index is -1.35. The van der Waals surface area contributed by atoms with E-state index in [0.717, 1.165) is 4.90 Å². The van der Waals surface area contributed by atoms with Gasteiger partial charge in [-0.2, -0.15) is 0 Å². The topological polar surface area (TPSA) is 75.7 Å². The van der Waals surface area contributed by atoms with Crippen molar-refractivity contribution in [2.45, 2.75) is 13.0 Å².